The Kier molecular flexibility index (Phi) is 6.49. The van der Waals surface area contributed by atoms with Crippen LogP contribution in [0.3, 0.4) is 0 Å². The average Bonchev–Trinajstić information content (AvgIpc) is 3.31. The molecule has 1 spiro atoms. The number of amides is 1. The van der Waals surface area contributed by atoms with Gasteiger partial charge in [-0.1, -0.05) is 127 Å². The average molecular weight is 565 g/mol. The number of anilines is 1. The Morgan fingerprint density at radius 2 is 1.12 bits per heavy atom. The number of nitrogens with one attached hydrogen (secondary N) is 1. The number of rotatable bonds is 4. The van der Waals surface area contributed by atoms with E-state index in [0.717, 1.165) is 38.1 Å². The molecule has 1 amide bonds. The number of allylic oxidation sites excluding steroid dienone is 1. The zero-order valence-corrected chi connectivity index (χ0v) is 24.0. The molecule has 2 heterocycles. The Labute approximate surface area is 246 Å². The van der Waals surface area contributed by atoms with Crippen molar-refractivity contribution in [2.24, 2.45) is 4.99 Å². The first-order valence-corrected chi connectivity index (χ1v) is 15.8. The van der Waals surface area contributed by atoms with E-state index in [0.29, 0.717) is 11.7 Å². The largest absolute Gasteiger partial charge is 0.444 e. The van der Waals surface area contributed by atoms with Gasteiger partial charge in [-0.2, -0.15) is 0 Å². The van der Waals surface area contributed by atoms with Crippen molar-refractivity contribution in [2.75, 3.05) is 5.32 Å². The number of hydrogen-bond acceptors (Lipinski definition) is 3. The van der Waals surface area contributed by atoms with Gasteiger partial charge in [-0.05, 0) is 59.6 Å². The molecule has 204 valence electrons. The minimum atomic E-state index is -2.80. The summed E-state index contributed by atoms with van der Waals surface area (Å²) in [6.07, 6.45) is 2.00. The minimum Gasteiger partial charge on any atom is -0.444 e. The van der Waals surface area contributed by atoms with E-state index < -0.39 is 12.3 Å². The van der Waals surface area contributed by atoms with Gasteiger partial charge in [0.2, 0.25) is 11.8 Å². The topological polar surface area (TPSA) is 50.7 Å². The fourth-order valence-electron chi connectivity index (χ4n) is 6.32. The molecular weight excluding hydrogens is 535 g/mol. The van der Waals surface area contributed by atoms with E-state index in [1.54, 1.807) is 0 Å². The molecule has 1 N–H and O–H groups in total. The summed E-state index contributed by atoms with van der Waals surface area (Å²) in [4.78, 5) is 19.8. The zero-order chi connectivity index (χ0) is 28.6. The highest BCUT2D eigenvalue weighted by Crippen LogP contribution is 2.55. The van der Waals surface area contributed by atoms with Gasteiger partial charge in [-0.3, -0.25) is 4.79 Å². The first-order chi connectivity index (χ1) is 20.6. The monoisotopic (exact) mass is 564 g/mol. The van der Waals surface area contributed by atoms with E-state index in [4.69, 9.17) is 9.73 Å². The number of hydrogen-bond donors (Lipinski definition) is 1. The smallest absolute Gasteiger partial charge is 0.243 e. The van der Waals surface area contributed by atoms with Gasteiger partial charge in [0.1, 0.15) is 11.2 Å². The van der Waals surface area contributed by atoms with Crippen LogP contribution in [0.5, 0.6) is 0 Å². The molecule has 5 aromatic rings. The van der Waals surface area contributed by atoms with Crippen molar-refractivity contribution in [2.45, 2.75) is 12.3 Å². The Hall–Kier alpha value is -4.92. The first-order valence-electron chi connectivity index (χ1n) is 14.0. The number of carbonyl (C=O) groups excluding carboxylic acids is 1. The van der Waals surface area contributed by atoms with E-state index >= 15 is 0 Å². The highest BCUT2D eigenvalue weighted by atomic mass is 31.2. The van der Waals surface area contributed by atoms with Crippen LogP contribution in [0.2, 0.25) is 0 Å². The van der Waals surface area contributed by atoms with Gasteiger partial charge < -0.3 is 10.1 Å². The van der Waals surface area contributed by atoms with Crippen LogP contribution in [0.1, 0.15) is 12.5 Å². The summed E-state index contributed by atoms with van der Waals surface area (Å²) in [6.45, 7) is -0.897. The summed E-state index contributed by atoms with van der Waals surface area (Å²) in [5, 5.41) is 7.43. The third kappa shape index (κ3) is 3.99. The molecular formula is C37H29N2O2P. The summed E-state index contributed by atoms with van der Waals surface area (Å²) < 4.78 is 6.65. The van der Waals surface area contributed by atoms with Crippen molar-refractivity contribution in [3.63, 3.8) is 0 Å². The van der Waals surface area contributed by atoms with Crippen molar-refractivity contribution >= 4 is 51.3 Å². The molecule has 2 aliphatic heterocycles. The molecule has 5 aromatic carbocycles. The van der Waals surface area contributed by atoms with Gasteiger partial charge in [-0.25, -0.2) is 4.99 Å². The van der Waals surface area contributed by atoms with Crippen LogP contribution >= 0.6 is 6.89 Å². The van der Waals surface area contributed by atoms with Crippen LogP contribution in [0.4, 0.5) is 11.4 Å². The lowest BCUT2D eigenvalue weighted by Gasteiger charge is -2.41. The highest BCUT2D eigenvalue weighted by Gasteiger charge is 2.56. The number of aliphatic imine (C=N–C) groups is 1. The summed E-state index contributed by atoms with van der Waals surface area (Å²) >= 11 is 0. The number of para-hydroxylation sites is 2. The summed E-state index contributed by atoms with van der Waals surface area (Å²) in [6, 6.07) is 49.4. The number of benzene rings is 5. The molecule has 0 saturated carbocycles. The van der Waals surface area contributed by atoms with Crippen LogP contribution in [-0.4, -0.2) is 17.1 Å². The molecule has 7 rings (SSSR count). The van der Waals surface area contributed by atoms with Crippen molar-refractivity contribution in [3.8, 4) is 0 Å². The Bertz CT molecular complexity index is 1800. The molecule has 42 heavy (non-hydrogen) atoms. The van der Waals surface area contributed by atoms with Crippen LogP contribution < -0.4 is 21.2 Å². The maximum atomic E-state index is 14.6. The molecule has 2 aliphatic rings. The molecule has 1 atom stereocenters. The molecule has 0 radical (unpaired) electrons. The van der Waals surface area contributed by atoms with Gasteiger partial charge >= 0.3 is 0 Å². The Morgan fingerprint density at radius 3 is 1.67 bits per heavy atom. The number of nitrogens with zero attached hydrogens (tertiary/aromatic N) is 1. The van der Waals surface area contributed by atoms with Crippen LogP contribution in [0.25, 0.3) is 0 Å². The molecule has 0 aromatic heterocycles. The molecule has 1 unspecified atom stereocenters. The van der Waals surface area contributed by atoms with Crippen LogP contribution in [0, 0.1) is 0 Å². The quantitative estimate of drug-likeness (QED) is 0.247. The maximum absolute atomic E-state index is 14.6. The van der Waals surface area contributed by atoms with Crippen molar-refractivity contribution in [1.29, 1.82) is 0 Å². The molecule has 0 saturated heterocycles. The minimum absolute atomic E-state index is 0.103. The second-order valence-corrected chi connectivity index (χ2v) is 13.8. The fraction of sp³-hybridized carbons (Fsp3) is 0.0541. The van der Waals surface area contributed by atoms with Crippen molar-refractivity contribution < 1.29 is 9.53 Å². The first kappa shape index (κ1) is 26.0. The SMILES string of the molecule is CC1=CC2(C(=O)Nc3ccccc32)C(=P(c2ccccc2)(c2ccccc2)c2ccccc2)C(=Nc2ccccc2)O1. The standard InChI is InChI=1S/C37H29N2O2P/c1-27-26-37(32-24-14-15-25-33(32)39-36(37)40)34(35(41-27)38-28-16-6-2-7-17-28)42(29-18-8-3-9-19-29,30-20-10-4-11-21-30)31-22-12-5-13-23-31/h2-26H,1H3,(H,39,40). The predicted molar refractivity (Wildman–Crippen MR) is 175 cm³/mol. The second kappa shape index (κ2) is 10.5. The maximum Gasteiger partial charge on any atom is 0.243 e. The van der Waals surface area contributed by atoms with Crippen LogP contribution in [0.15, 0.2) is 162 Å². The van der Waals surface area contributed by atoms with Gasteiger partial charge in [0.05, 0.1) is 5.69 Å². The van der Waals surface area contributed by atoms with E-state index in [-0.39, 0.29) is 5.91 Å². The highest BCUT2D eigenvalue weighted by molar-refractivity contribution is 7.96. The summed E-state index contributed by atoms with van der Waals surface area (Å²) in [7, 11) is 0. The zero-order valence-electron chi connectivity index (χ0n) is 23.1. The fourth-order valence-corrected chi connectivity index (χ4v) is 11.0. The van der Waals surface area contributed by atoms with Gasteiger partial charge in [0.15, 0.2) is 0 Å². The molecule has 5 heteroatoms. The Balaban J connectivity index is 1.79. The molecule has 0 bridgehead atoms. The lowest BCUT2D eigenvalue weighted by atomic mass is 9.76. The van der Waals surface area contributed by atoms with E-state index in [2.05, 4.69) is 84.2 Å². The lowest BCUT2D eigenvalue weighted by Crippen LogP contribution is -2.51. The normalized spacial score (nSPS) is 18.8. The predicted octanol–water partition coefficient (Wildman–Crippen LogP) is 6.71. The number of fused-ring (bicyclic) bond motifs is 2. The third-order valence-electron chi connectivity index (χ3n) is 7.96. The molecule has 0 aliphatic carbocycles. The van der Waals surface area contributed by atoms with Gasteiger partial charge in [0.25, 0.3) is 0 Å². The lowest BCUT2D eigenvalue weighted by molar-refractivity contribution is -0.117. The van der Waals surface area contributed by atoms with Gasteiger partial charge in [0, 0.05) is 11.0 Å². The third-order valence-corrected chi connectivity index (χ3v) is 12.4. The van der Waals surface area contributed by atoms with E-state index in [1.165, 1.54) is 0 Å². The van der Waals surface area contributed by atoms with E-state index in [1.807, 2.05) is 79.7 Å². The number of ether oxygens (including phenoxy) is 1. The molecule has 4 nitrogen and oxygen atoms in total. The summed E-state index contributed by atoms with van der Waals surface area (Å²) in [5.41, 5.74) is 1.31. The summed E-state index contributed by atoms with van der Waals surface area (Å²) in [5.74, 6) is 0.986. The van der Waals surface area contributed by atoms with Crippen molar-refractivity contribution in [3.05, 3.63) is 163 Å². The number of carbonyl (C=O) groups is 1. The molecule has 0 fully saturated rings. The van der Waals surface area contributed by atoms with Crippen molar-refractivity contribution in [1.82, 2.24) is 0 Å². The van der Waals surface area contributed by atoms with Crippen LogP contribution in [-0.2, 0) is 14.9 Å². The van der Waals surface area contributed by atoms with Gasteiger partial charge in [-0.15, -0.1) is 0 Å². The Morgan fingerprint density at radius 1 is 0.643 bits per heavy atom. The second-order valence-electron chi connectivity index (χ2n) is 10.4. The van der Waals surface area contributed by atoms with E-state index in [9.17, 15) is 4.79 Å².